The van der Waals surface area contributed by atoms with E-state index in [1.807, 2.05) is 30.5 Å². The molecular formula is C24H30N4O3. The maximum Gasteiger partial charge on any atom is 0.258 e. The minimum atomic E-state index is -0.165. The Morgan fingerprint density at radius 2 is 1.90 bits per heavy atom. The van der Waals surface area contributed by atoms with Gasteiger partial charge < -0.3 is 9.47 Å². The summed E-state index contributed by atoms with van der Waals surface area (Å²) in [6, 6.07) is 11.1. The topological polar surface area (TPSA) is 68.4 Å². The fourth-order valence-electron chi connectivity index (χ4n) is 3.41. The van der Waals surface area contributed by atoms with E-state index in [1.54, 1.807) is 26.5 Å². The molecule has 0 aliphatic heterocycles. The van der Waals surface area contributed by atoms with Crippen LogP contribution in [0.4, 0.5) is 5.69 Å². The molecule has 7 heteroatoms. The Hall–Kier alpha value is -3.19. The molecule has 0 aliphatic rings. The van der Waals surface area contributed by atoms with Crippen molar-refractivity contribution >= 4 is 17.5 Å². The van der Waals surface area contributed by atoms with Crippen molar-refractivity contribution in [3.05, 3.63) is 52.9 Å². The number of methoxy groups -OCH3 is 2. The van der Waals surface area contributed by atoms with Crippen LogP contribution in [0.25, 0.3) is 16.9 Å². The SMILES string of the molecule is CCCN(C/C=N/c1ccc2nc(-c3ccc(OC)c(OC)c3)cc(=O)n2c1)C(C)C. The van der Waals surface area contributed by atoms with Crippen LogP contribution in [0.15, 0.2) is 52.4 Å². The smallest absolute Gasteiger partial charge is 0.258 e. The Labute approximate surface area is 183 Å². The zero-order valence-corrected chi connectivity index (χ0v) is 18.8. The molecule has 164 valence electrons. The molecule has 3 rings (SSSR count). The minimum absolute atomic E-state index is 0.165. The van der Waals surface area contributed by atoms with Gasteiger partial charge in [-0.15, -0.1) is 0 Å². The number of benzene rings is 1. The first kappa shape index (κ1) is 22.5. The molecule has 0 N–H and O–H groups in total. The van der Waals surface area contributed by atoms with Gasteiger partial charge in [-0.05, 0) is 57.1 Å². The van der Waals surface area contributed by atoms with E-state index in [-0.39, 0.29) is 5.56 Å². The molecule has 0 bridgehead atoms. The number of rotatable bonds is 9. The third-order valence-electron chi connectivity index (χ3n) is 5.12. The number of hydrogen-bond donors (Lipinski definition) is 0. The largest absolute Gasteiger partial charge is 0.493 e. The fourth-order valence-corrected chi connectivity index (χ4v) is 3.41. The van der Waals surface area contributed by atoms with Gasteiger partial charge in [0.15, 0.2) is 11.5 Å². The lowest BCUT2D eigenvalue weighted by Gasteiger charge is -2.23. The van der Waals surface area contributed by atoms with Gasteiger partial charge in [-0.1, -0.05) is 6.92 Å². The normalized spacial score (nSPS) is 11.7. The monoisotopic (exact) mass is 422 g/mol. The molecule has 0 spiro atoms. The predicted octanol–water partition coefficient (Wildman–Crippen LogP) is 4.20. The van der Waals surface area contributed by atoms with E-state index in [0.29, 0.717) is 28.9 Å². The van der Waals surface area contributed by atoms with Crippen molar-refractivity contribution < 1.29 is 9.47 Å². The molecule has 0 unspecified atom stereocenters. The summed E-state index contributed by atoms with van der Waals surface area (Å²) < 4.78 is 12.2. The van der Waals surface area contributed by atoms with Gasteiger partial charge >= 0.3 is 0 Å². The molecule has 0 aliphatic carbocycles. The first-order valence-electron chi connectivity index (χ1n) is 10.5. The van der Waals surface area contributed by atoms with Gasteiger partial charge in [-0.25, -0.2) is 4.98 Å². The second kappa shape index (κ2) is 10.2. The lowest BCUT2D eigenvalue weighted by molar-refractivity contribution is 0.256. The molecule has 0 fully saturated rings. The molecule has 2 heterocycles. The Morgan fingerprint density at radius 1 is 1.13 bits per heavy atom. The van der Waals surface area contributed by atoms with Crippen LogP contribution in [0, 0.1) is 0 Å². The van der Waals surface area contributed by atoms with Crippen LogP contribution in [-0.4, -0.2) is 53.9 Å². The van der Waals surface area contributed by atoms with Gasteiger partial charge in [0.1, 0.15) is 5.65 Å². The average Bonchev–Trinajstić information content (AvgIpc) is 2.78. The van der Waals surface area contributed by atoms with Crippen molar-refractivity contribution in [3.8, 4) is 22.8 Å². The Kier molecular flexibility index (Phi) is 7.41. The molecule has 0 saturated heterocycles. The zero-order valence-electron chi connectivity index (χ0n) is 18.8. The highest BCUT2D eigenvalue weighted by molar-refractivity contribution is 5.67. The van der Waals surface area contributed by atoms with Crippen LogP contribution in [0.3, 0.4) is 0 Å². The van der Waals surface area contributed by atoms with Gasteiger partial charge in [0.05, 0.1) is 25.6 Å². The van der Waals surface area contributed by atoms with E-state index in [9.17, 15) is 4.79 Å². The quantitative estimate of drug-likeness (QED) is 0.484. The van der Waals surface area contributed by atoms with Crippen LogP contribution in [0.5, 0.6) is 11.5 Å². The first-order chi connectivity index (χ1) is 15.0. The van der Waals surface area contributed by atoms with E-state index in [1.165, 1.54) is 10.5 Å². The van der Waals surface area contributed by atoms with Gasteiger partial charge in [0.25, 0.3) is 5.56 Å². The Balaban J connectivity index is 1.88. The van der Waals surface area contributed by atoms with E-state index >= 15 is 0 Å². The van der Waals surface area contributed by atoms with Crippen LogP contribution in [0.1, 0.15) is 27.2 Å². The van der Waals surface area contributed by atoms with Crippen molar-refractivity contribution in [3.63, 3.8) is 0 Å². The maximum atomic E-state index is 12.8. The molecule has 0 amide bonds. The summed E-state index contributed by atoms with van der Waals surface area (Å²) in [5.41, 5.74) is 2.47. The minimum Gasteiger partial charge on any atom is -0.493 e. The van der Waals surface area contributed by atoms with Crippen LogP contribution in [-0.2, 0) is 0 Å². The number of ether oxygens (including phenoxy) is 2. The van der Waals surface area contributed by atoms with Gasteiger partial charge in [0.2, 0.25) is 0 Å². The van der Waals surface area contributed by atoms with Crippen molar-refractivity contribution in [1.29, 1.82) is 0 Å². The van der Waals surface area contributed by atoms with Crippen LogP contribution >= 0.6 is 0 Å². The summed E-state index contributed by atoms with van der Waals surface area (Å²) in [7, 11) is 3.16. The number of pyridine rings is 1. The van der Waals surface area contributed by atoms with Gasteiger partial charge in [-0.3, -0.25) is 19.1 Å². The highest BCUT2D eigenvalue weighted by Crippen LogP contribution is 2.31. The number of fused-ring (bicyclic) bond motifs is 1. The van der Waals surface area contributed by atoms with Crippen molar-refractivity contribution in [2.45, 2.75) is 33.2 Å². The van der Waals surface area contributed by atoms with Gasteiger partial charge in [0, 0.05) is 36.6 Å². The third kappa shape index (κ3) is 5.30. The average molecular weight is 423 g/mol. The molecule has 3 aromatic rings. The van der Waals surface area contributed by atoms with E-state index in [2.05, 4.69) is 35.6 Å². The Morgan fingerprint density at radius 3 is 2.58 bits per heavy atom. The van der Waals surface area contributed by atoms with E-state index in [0.717, 1.165) is 30.8 Å². The summed E-state index contributed by atoms with van der Waals surface area (Å²) in [6.07, 6.45) is 4.72. The molecule has 2 aromatic heterocycles. The summed E-state index contributed by atoms with van der Waals surface area (Å²) in [6.45, 7) is 8.34. The highest BCUT2D eigenvalue weighted by atomic mass is 16.5. The molecule has 0 radical (unpaired) electrons. The highest BCUT2D eigenvalue weighted by Gasteiger charge is 2.10. The number of nitrogens with zero attached hydrogens (tertiary/aromatic N) is 4. The van der Waals surface area contributed by atoms with Crippen LogP contribution < -0.4 is 15.0 Å². The predicted molar refractivity (Wildman–Crippen MR) is 125 cm³/mol. The lowest BCUT2D eigenvalue weighted by atomic mass is 10.1. The van der Waals surface area contributed by atoms with Crippen molar-refractivity contribution in [2.75, 3.05) is 27.3 Å². The second-order valence-electron chi connectivity index (χ2n) is 7.57. The van der Waals surface area contributed by atoms with Crippen molar-refractivity contribution in [2.24, 2.45) is 4.99 Å². The van der Waals surface area contributed by atoms with E-state index in [4.69, 9.17) is 9.47 Å². The number of aromatic nitrogens is 2. The van der Waals surface area contributed by atoms with Crippen molar-refractivity contribution in [1.82, 2.24) is 14.3 Å². The van der Waals surface area contributed by atoms with Crippen LogP contribution in [0.2, 0.25) is 0 Å². The Bertz CT molecular complexity index is 1120. The third-order valence-corrected chi connectivity index (χ3v) is 5.12. The zero-order chi connectivity index (χ0) is 22.4. The lowest BCUT2D eigenvalue weighted by Crippen LogP contribution is -2.33. The molecule has 1 aromatic carbocycles. The summed E-state index contributed by atoms with van der Waals surface area (Å²) in [5, 5.41) is 0. The molecule has 0 atom stereocenters. The summed E-state index contributed by atoms with van der Waals surface area (Å²) in [5.74, 6) is 1.21. The molecule has 7 nitrogen and oxygen atoms in total. The molecule has 31 heavy (non-hydrogen) atoms. The standard InChI is InChI=1S/C24H30N4O3/c1-6-12-27(17(2)3)13-11-25-19-8-10-23-26-20(15-24(29)28(23)16-19)18-7-9-21(30-4)22(14-18)31-5/h7-11,14-17H,6,12-13H2,1-5H3/b25-11+. The number of hydrogen-bond acceptors (Lipinski definition) is 6. The first-order valence-corrected chi connectivity index (χ1v) is 10.5. The second-order valence-corrected chi connectivity index (χ2v) is 7.57. The molecule has 0 saturated carbocycles. The summed E-state index contributed by atoms with van der Waals surface area (Å²) >= 11 is 0. The summed E-state index contributed by atoms with van der Waals surface area (Å²) in [4.78, 5) is 24.3. The van der Waals surface area contributed by atoms with Gasteiger partial charge in [-0.2, -0.15) is 0 Å². The van der Waals surface area contributed by atoms with E-state index < -0.39 is 0 Å². The number of aliphatic imine (C=N–C) groups is 1. The molecular weight excluding hydrogens is 392 g/mol. The maximum absolute atomic E-state index is 12.8. The fraction of sp³-hybridized carbons (Fsp3) is 0.375.